The van der Waals surface area contributed by atoms with E-state index in [0.717, 1.165) is 11.1 Å². The molecule has 31 heavy (non-hydrogen) atoms. The number of H-pyrrole nitrogens is 1. The Balaban J connectivity index is 1.28. The normalized spacial score (nSPS) is 12.2. The summed E-state index contributed by atoms with van der Waals surface area (Å²) in [5.41, 5.74) is 2.36. The molecule has 9 nitrogen and oxygen atoms in total. The number of aromatic amines is 1. The highest BCUT2D eigenvalue weighted by atomic mass is 35.5. The summed E-state index contributed by atoms with van der Waals surface area (Å²) in [4.78, 5) is 16.7. The summed E-state index contributed by atoms with van der Waals surface area (Å²) in [7, 11) is 0. The van der Waals surface area contributed by atoms with E-state index in [1.165, 1.54) is 11.0 Å². The first kappa shape index (κ1) is 19.4. The third-order valence-electron chi connectivity index (χ3n) is 4.63. The predicted octanol–water partition coefficient (Wildman–Crippen LogP) is 4.00. The fraction of sp³-hybridized carbons (Fsp3) is 0.100. The Labute approximate surface area is 185 Å². The van der Waals surface area contributed by atoms with Crippen molar-refractivity contribution in [3.63, 3.8) is 0 Å². The number of anilines is 1. The van der Waals surface area contributed by atoms with Crippen molar-refractivity contribution in [2.75, 3.05) is 12.1 Å². The van der Waals surface area contributed by atoms with Crippen molar-refractivity contribution in [1.82, 2.24) is 25.0 Å². The molecule has 2 aromatic carbocycles. The van der Waals surface area contributed by atoms with Gasteiger partial charge in [0.05, 0.1) is 12.2 Å². The molecule has 5 rings (SSSR count). The number of aromatic nitrogens is 5. The van der Waals surface area contributed by atoms with Crippen LogP contribution in [0, 0.1) is 0 Å². The van der Waals surface area contributed by atoms with Crippen molar-refractivity contribution in [2.24, 2.45) is 0 Å². The zero-order valence-electron chi connectivity index (χ0n) is 15.8. The molecule has 1 aliphatic heterocycles. The second kappa shape index (κ2) is 7.93. The minimum Gasteiger partial charge on any atom is -0.454 e. The van der Waals surface area contributed by atoms with Crippen LogP contribution in [0.5, 0.6) is 11.5 Å². The summed E-state index contributed by atoms with van der Waals surface area (Å²) in [6.45, 7) is 0.509. The van der Waals surface area contributed by atoms with Gasteiger partial charge in [0.1, 0.15) is 12.0 Å². The molecule has 2 N–H and O–H groups in total. The monoisotopic (exact) mass is 456 g/mol. The number of nitrogens with one attached hydrogen (secondary N) is 2. The minimum atomic E-state index is -0.423. The minimum absolute atomic E-state index is 0.146. The number of carbonyl (C=O) groups is 1. The van der Waals surface area contributed by atoms with E-state index in [1.807, 2.05) is 12.1 Å². The average Bonchev–Trinajstić information content (AvgIpc) is 3.50. The van der Waals surface area contributed by atoms with Crippen LogP contribution in [-0.4, -0.2) is 37.7 Å². The summed E-state index contributed by atoms with van der Waals surface area (Å²) < 4.78 is 12.2. The molecule has 3 heterocycles. The van der Waals surface area contributed by atoms with Crippen LogP contribution in [0.3, 0.4) is 0 Å². The van der Waals surface area contributed by atoms with E-state index in [9.17, 15) is 4.79 Å². The second-order valence-electron chi connectivity index (χ2n) is 6.65. The first-order valence-corrected chi connectivity index (χ1v) is 9.91. The number of fused-ring (bicyclic) bond motifs is 1. The molecule has 0 saturated carbocycles. The number of hydrogen-bond donors (Lipinski definition) is 2. The van der Waals surface area contributed by atoms with Crippen LogP contribution in [0.2, 0.25) is 10.0 Å². The summed E-state index contributed by atoms with van der Waals surface area (Å²) in [6.07, 6.45) is 1.49. The molecule has 1 aliphatic rings. The highest BCUT2D eigenvalue weighted by Crippen LogP contribution is 2.35. The Morgan fingerprint density at radius 3 is 2.77 bits per heavy atom. The quantitative estimate of drug-likeness (QED) is 0.469. The van der Waals surface area contributed by atoms with E-state index in [-0.39, 0.29) is 18.4 Å². The molecule has 0 bridgehead atoms. The van der Waals surface area contributed by atoms with Gasteiger partial charge in [0, 0.05) is 21.2 Å². The van der Waals surface area contributed by atoms with E-state index >= 15 is 0 Å². The summed E-state index contributed by atoms with van der Waals surface area (Å²) in [6, 6.07) is 12.3. The second-order valence-corrected chi connectivity index (χ2v) is 7.47. The average molecular weight is 457 g/mol. The van der Waals surface area contributed by atoms with Crippen molar-refractivity contribution >= 4 is 35.1 Å². The van der Waals surface area contributed by atoms with Gasteiger partial charge in [0.15, 0.2) is 11.5 Å². The van der Waals surface area contributed by atoms with Crippen LogP contribution in [0.25, 0.3) is 11.3 Å². The maximum absolute atomic E-state index is 12.6. The highest BCUT2D eigenvalue weighted by molar-refractivity contribution is 6.35. The number of halogens is 2. The van der Waals surface area contributed by atoms with Crippen LogP contribution in [0.1, 0.15) is 16.1 Å². The van der Waals surface area contributed by atoms with E-state index in [0.29, 0.717) is 33.8 Å². The van der Waals surface area contributed by atoms with Gasteiger partial charge < -0.3 is 9.47 Å². The molecule has 2 aromatic heterocycles. The Hall–Kier alpha value is -3.56. The van der Waals surface area contributed by atoms with Crippen LogP contribution >= 0.6 is 23.2 Å². The lowest BCUT2D eigenvalue weighted by Gasteiger charge is -2.06. The van der Waals surface area contributed by atoms with Gasteiger partial charge in [-0.05, 0) is 36.4 Å². The van der Waals surface area contributed by atoms with Crippen LogP contribution in [-0.2, 0) is 6.54 Å². The Kier molecular flexibility index (Phi) is 4.97. The lowest BCUT2D eigenvalue weighted by atomic mass is 10.1. The molecule has 0 atom stereocenters. The van der Waals surface area contributed by atoms with Crippen molar-refractivity contribution in [3.8, 4) is 22.8 Å². The van der Waals surface area contributed by atoms with Crippen LogP contribution < -0.4 is 14.8 Å². The van der Waals surface area contributed by atoms with Crippen molar-refractivity contribution in [2.45, 2.75) is 6.54 Å². The fourth-order valence-electron chi connectivity index (χ4n) is 3.08. The van der Waals surface area contributed by atoms with Gasteiger partial charge in [-0.25, -0.2) is 9.67 Å². The van der Waals surface area contributed by atoms with Crippen molar-refractivity contribution < 1.29 is 14.3 Å². The summed E-state index contributed by atoms with van der Waals surface area (Å²) in [5.74, 6) is 1.04. The molecule has 4 aromatic rings. The SMILES string of the molecule is O=C(Nc1ncn(Cc2c(Cl)cccc2Cl)n1)c1cc(-c2ccc3c(c2)OCO3)n[nH]1. The van der Waals surface area contributed by atoms with Gasteiger partial charge >= 0.3 is 0 Å². The topological polar surface area (TPSA) is 107 Å². The smallest absolute Gasteiger partial charge is 0.276 e. The van der Waals surface area contributed by atoms with Gasteiger partial charge in [-0.3, -0.25) is 15.2 Å². The van der Waals surface area contributed by atoms with Gasteiger partial charge in [-0.2, -0.15) is 5.10 Å². The molecule has 0 radical (unpaired) electrons. The molecule has 11 heteroatoms. The third-order valence-corrected chi connectivity index (χ3v) is 5.34. The number of ether oxygens (including phenoxy) is 2. The van der Waals surface area contributed by atoms with Crippen molar-refractivity contribution in [3.05, 3.63) is 70.1 Å². The van der Waals surface area contributed by atoms with Gasteiger partial charge in [-0.1, -0.05) is 29.3 Å². The maximum Gasteiger partial charge on any atom is 0.276 e. The Morgan fingerprint density at radius 1 is 1.13 bits per heavy atom. The zero-order chi connectivity index (χ0) is 21.4. The molecular weight excluding hydrogens is 443 g/mol. The van der Waals surface area contributed by atoms with Gasteiger partial charge in [0.25, 0.3) is 5.91 Å². The number of hydrogen-bond acceptors (Lipinski definition) is 6. The molecule has 0 saturated heterocycles. The Morgan fingerprint density at radius 2 is 1.94 bits per heavy atom. The van der Waals surface area contributed by atoms with E-state index < -0.39 is 5.91 Å². The lowest BCUT2D eigenvalue weighted by Crippen LogP contribution is -2.14. The number of benzene rings is 2. The maximum atomic E-state index is 12.6. The molecule has 0 fully saturated rings. The lowest BCUT2D eigenvalue weighted by molar-refractivity contribution is 0.102. The Bertz CT molecular complexity index is 1270. The molecule has 0 aliphatic carbocycles. The van der Waals surface area contributed by atoms with E-state index in [4.69, 9.17) is 32.7 Å². The third kappa shape index (κ3) is 3.92. The molecule has 0 unspecified atom stereocenters. The first-order chi connectivity index (χ1) is 15.1. The summed E-state index contributed by atoms with van der Waals surface area (Å²) in [5, 5.41) is 14.9. The van der Waals surface area contributed by atoms with Crippen molar-refractivity contribution in [1.29, 1.82) is 0 Å². The van der Waals surface area contributed by atoms with Gasteiger partial charge in [-0.15, -0.1) is 5.10 Å². The van der Waals surface area contributed by atoms with E-state index in [2.05, 4.69) is 25.6 Å². The standard InChI is InChI=1S/C20H14Cl2N6O3/c21-13-2-1-3-14(22)12(13)8-28-9-23-20(27-28)24-19(29)16-7-15(25-26-16)11-4-5-17-18(6-11)31-10-30-17/h1-7,9H,8,10H2,(H,25,26)(H,24,27,29). The molecule has 0 spiro atoms. The number of carbonyl (C=O) groups excluding carboxylic acids is 1. The zero-order valence-corrected chi connectivity index (χ0v) is 17.3. The predicted molar refractivity (Wildman–Crippen MR) is 114 cm³/mol. The first-order valence-electron chi connectivity index (χ1n) is 9.16. The summed E-state index contributed by atoms with van der Waals surface area (Å²) >= 11 is 12.4. The molecule has 1 amide bonds. The molecular formula is C20H14Cl2N6O3. The number of rotatable bonds is 5. The highest BCUT2D eigenvalue weighted by Gasteiger charge is 2.17. The van der Waals surface area contributed by atoms with E-state index in [1.54, 1.807) is 30.3 Å². The van der Waals surface area contributed by atoms with Gasteiger partial charge in [0.2, 0.25) is 12.7 Å². The number of amides is 1. The largest absolute Gasteiger partial charge is 0.454 e. The molecule has 156 valence electrons. The van der Waals surface area contributed by atoms with Crippen LogP contribution in [0.15, 0.2) is 48.8 Å². The number of nitrogens with zero attached hydrogens (tertiary/aromatic N) is 4. The fourth-order valence-corrected chi connectivity index (χ4v) is 3.60. The van der Waals surface area contributed by atoms with Crippen LogP contribution in [0.4, 0.5) is 5.95 Å².